The van der Waals surface area contributed by atoms with Crippen molar-refractivity contribution in [2.45, 2.75) is 75.7 Å². The average molecular weight is 481 g/mol. The molecule has 3 aliphatic rings. The molecule has 2 aliphatic heterocycles. The maximum atomic E-state index is 13.0. The van der Waals surface area contributed by atoms with E-state index in [4.69, 9.17) is 9.72 Å². The van der Waals surface area contributed by atoms with Crippen LogP contribution in [-0.4, -0.2) is 64.5 Å². The summed E-state index contributed by atoms with van der Waals surface area (Å²) in [6.45, 7) is 2.82. The predicted molar refractivity (Wildman–Crippen MR) is 118 cm³/mol. The molecule has 2 aromatic heterocycles. The third-order valence-corrected chi connectivity index (χ3v) is 7.61. The Morgan fingerprint density at radius 2 is 1.74 bits per heavy atom. The number of halogens is 3. The molecule has 0 radical (unpaired) electrons. The Kier molecular flexibility index (Phi) is 6.79. The Morgan fingerprint density at radius 3 is 2.41 bits per heavy atom. The van der Waals surface area contributed by atoms with Crippen LogP contribution in [-0.2, 0) is 14.3 Å². The van der Waals surface area contributed by atoms with Gasteiger partial charge in [-0.15, -0.1) is 13.2 Å². The quantitative estimate of drug-likeness (QED) is 0.689. The van der Waals surface area contributed by atoms with Crippen LogP contribution in [0.2, 0.25) is 0 Å². The van der Waals surface area contributed by atoms with Gasteiger partial charge in [0, 0.05) is 44.3 Å². The summed E-state index contributed by atoms with van der Waals surface area (Å²) in [6.07, 6.45) is 1.44. The highest BCUT2D eigenvalue weighted by Gasteiger charge is 2.38. The molecule has 1 N–H and O–H groups in total. The monoisotopic (exact) mass is 480 g/mol. The number of hydrogen-bond donors (Lipinski definition) is 1. The molecule has 4 heterocycles. The van der Waals surface area contributed by atoms with Crippen LogP contribution in [0.4, 0.5) is 13.2 Å². The number of piperidine rings is 1. The Bertz CT molecular complexity index is 989. The molecule has 3 fully saturated rings. The van der Waals surface area contributed by atoms with Gasteiger partial charge in [0.15, 0.2) is 5.65 Å². The van der Waals surface area contributed by atoms with Crippen LogP contribution < -0.4 is 0 Å². The van der Waals surface area contributed by atoms with E-state index in [0.29, 0.717) is 37.8 Å². The van der Waals surface area contributed by atoms with E-state index in [0.717, 1.165) is 55.9 Å². The Balaban J connectivity index is 1.18. The number of H-pyrrole nitrogens is 1. The number of hydrogen-bond acceptors (Lipinski definition) is 5. The Morgan fingerprint density at radius 1 is 1.03 bits per heavy atom. The fraction of sp³-hybridized carbons (Fsp3) is 0.708. The van der Waals surface area contributed by atoms with Crippen molar-refractivity contribution in [1.82, 2.24) is 19.9 Å². The maximum Gasteiger partial charge on any atom is 0.522 e. The second-order valence-corrected chi connectivity index (χ2v) is 9.74. The van der Waals surface area contributed by atoms with Crippen LogP contribution in [0.25, 0.3) is 11.2 Å². The molecule has 0 bridgehead atoms. The third kappa shape index (κ3) is 5.22. The minimum absolute atomic E-state index is 0.0744. The lowest BCUT2D eigenvalue weighted by molar-refractivity contribution is -0.345. The molecular weight excluding hydrogens is 449 g/mol. The van der Waals surface area contributed by atoms with E-state index < -0.39 is 12.5 Å². The molecule has 2 saturated heterocycles. The largest absolute Gasteiger partial charge is 0.522 e. The summed E-state index contributed by atoms with van der Waals surface area (Å²) in [5.41, 5.74) is 2.92. The van der Waals surface area contributed by atoms with Gasteiger partial charge >= 0.3 is 6.36 Å². The lowest BCUT2D eigenvalue weighted by Crippen LogP contribution is -2.43. The lowest BCUT2D eigenvalue weighted by Gasteiger charge is -2.36. The predicted octanol–water partition coefficient (Wildman–Crippen LogP) is 4.65. The van der Waals surface area contributed by atoms with Gasteiger partial charge in [0.25, 0.3) is 0 Å². The number of aromatic amines is 1. The number of amides is 1. The molecule has 1 saturated carbocycles. The number of fused-ring (bicyclic) bond motifs is 1. The van der Waals surface area contributed by atoms with Crippen LogP contribution in [0.3, 0.4) is 0 Å². The maximum absolute atomic E-state index is 13.0. The number of likely N-dealkylation sites (tertiary alicyclic amines) is 1. The molecule has 186 valence electrons. The fourth-order valence-electron chi connectivity index (χ4n) is 5.73. The zero-order chi connectivity index (χ0) is 23.7. The molecule has 5 rings (SSSR count). The second kappa shape index (κ2) is 9.81. The summed E-state index contributed by atoms with van der Waals surface area (Å²) in [5, 5.41) is 0. The standard InChI is InChI=1S/C24H31F3N4O3/c25-24(26,27)34-18-3-1-17(2-4-18)23(32)31-11-6-15(7-12-31)19-5-10-28-22-20(19)29-21(30-22)16-8-13-33-14-9-16/h5,10,15-18H,1-4,6-9,11-14H2,(H,28,29,30)/t17-,18+. The smallest absolute Gasteiger partial charge is 0.381 e. The van der Waals surface area contributed by atoms with Crippen LogP contribution in [0, 0.1) is 5.92 Å². The van der Waals surface area contributed by atoms with Crippen molar-refractivity contribution in [3.05, 3.63) is 23.7 Å². The van der Waals surface area contributed by atoms with Gasteiger partial charge < -0.3 is 14.6 Å². The molecular formula is C24H31F3N4O3. The van der Waals surface area contributed by atoms with E-state index in [2.05, 4.69) is 14.7 Å². The minimum atomic E-state index is -4.61. The van der Waals surface area contributed by atoms with Gasteiger partial charge in [0.2, 0.25) is 5.91 Å². The number of nitrogens with zero attached hydrogens (tertiary/aromatic N) is 3. The molecule has 0 aromatic carbocycles. The zero-order valence-electron chi connectivity index (χ0n) is 19.1. The molecule has 0 atom stereocenters. The summed E-state index contributed by atoms with van der Waals surface area (Å²) >= 11 is 0. The van der Waals surface area contributed by atoms with Gasteiger partial charge in [0.1, 0.15) is 11.3 Å². The molecule has 34 heavy (non-hydrogen) atoms. The van der Waals surface area contributed by atoms with Crippen molar-refractivity contribution < 1.29 is 27.4 Å². The molecule has 1 aliphatic carbocycles. The number of pyridine rings is 1. The summed E-state index contributed by atoms with van der Waals surface area (Å²) in [5.74, 6) is 1.52. The highest BCUT2D eigenvalue weighted by atomic mass is 19.4. The SMILES string of the molecule is O=C([C@H]1CC[C@@H](OC(F)(F)F)CC1)N1CCC(c2ccnc3[nH]c(C4CCOCC4)nc23)CC1. The van der Waals surface area contributed by atoms with Crippen LogP contribution >= 0.6 is 0 Å². The van der Waals surface area contributed by atoms with Gasteiger partial charge in [0.05, 0.1) is 6.10 Å². The van der Waals surface area contributed by atoms with Gasteiger partial charge in [-0.1, -0.05) is 0 Å². The van der Waals surface area contributed by atoms with Crippen molar-refractivity contribution in [1.29, 1.82) is 0 Å². The molecule has 1 amide bonds. The highest BCUT2D eigenvalue weighted by Crippen LogP contribution is 2.36. The molecule has 2 aromatic rings. The van der Waals surface area contributed by atoms with E-state index in [1.54, 1.807) is 0 Å². The fourth-order valence-corrected chi connectivity index (χ4v) is 5.73. The number of alkyl halides is 3. The number of carbonyl (C=O) groups is 1. The van der Waals surface area contributed by atoms with Crippen molar-refractivity contribution in [2.24, 2.45) is 5.92 Å². The Hall–Kier alpha value is -2.20. The molecule has 10 heteroatoms. The van der Waals surface area contributed by atoms with E-state index in [-0.39, 0.29) is 24.7 Å². The van der Waals surface area contributed by atoms with Crippen LogP contribution in [0.15, 0.2) is 12.3 Å². The van der Waals surface area contributed by atoms with Gasteiger partial charge in [-0.2, -0.15) is 0 Å². The molecule has 0 unspecified atom stereocenters. The average Bonchev–Trinajstić information content (AvgIpc) is 3.28. The first-order valence-corrected chi connectivity index (χ1v) is 12.3. The first-order valence-electron chi connectivity index (χ1n) is 12.3. The first kappa shape index (κ1) is 23.5. The molecule has 0 spiro atoms. The number of carbonyl (C=O) groups excluding carboxylic acids is 1. The van der Waals surface area contributed by atoms with Gasteiger partial charge in [-0.05, 0) is 68.9 Å². The highest BCUT2D eigenvalue weighted by molar-refractivity contribution is 5.79. The van der Waals surface area contributed by atoms with E-state index in [1.165, 1.54) is 5.56 Å². The van der Waals surface area contributed by atoms with Gasteiger partial charge in [-0.25, -0.2) is 9.97 Å². The Labute approximate surface area is 196 Å². The number of nitrogens with one attached hydrogen (secondary N) is 1. The van der Waals surface area contributed by atoms with Crippen LogP contribution in [0.1, 0.15) is 74.6 Å². The number of imidazole rings is 1. The number of rotatable bonds is 4. The summed E-state index contributed by atoms with van der Waals surface area (Å²) in [7, 11) is 0. The third-order valence-electron chi connectivity index (χ3n) is 7.61. The van der Waals surface area contributed by atoms with Crippen molar-refractivity contribution in [2.75, 3.05) is 26.3 Å². The number of aromatic nitrogens is 3. The number of ether oxygens (including phenoxy) is 2. The normalized spacial score (nSPS) is 25.7. The van der Waals surface area contributed by atoms with Crippen molar-refractivity contribution >= 4 is 17.1 Å². The van der Waals surface area contributed by atoms with E-state index in [9.17, 15) is 18.0 Å². The summed E-state index contributed by atoms with van der Waals surface area (Å²) in [4.78, 5) is 27.7. The lowest BCUT2D eigenvalue weighted by atomic mass is 9.84. The van der Waals surface area contributed by atoms with Gasteiger partial charge in [-0.3, -0.25) is 9.53 Å². The minimum Gasteiger partial charge on any atom is -0.381 e. The second-order valence-electron chi connectivity index (χ2n) is 9.74. The molecule has 7 nitrogen and oxygen atoms in total. The first-order chi connectivity index (χ1) is 16.4. The van der Waals surface area contributed by atoms with Crippen LogP contribution in [0.5, 0.6) is 0 Å². The topological polar surface area (TPSA) is 80.3 Å². The van der Waals surface area contributed by atoms with Crippen molar-refractivity contribution in [3.8, 4) is 0 Å². The van der Waals surface area contributed by atoms with E-state index >= 15 is 0 Å². The summed E-state index contributed by atoms with van der Waals surface area (Å²) < 4.78 is 46.9. The summed E-state index contributed by atoms with van der Waals surface area (Å²) in [6, 6.07) is 2.04. The van der Waals surface area contributed by atoms with Crippen molar-refractivity contribution in [3.63, 3.8) is 0 Å². The van der Waals surface area contributed by atoms with E-state index in [1.807, 2.05) is 17.2 Å². The zero-order valence-corrected chi connectivity index (χ0v) is 19.1.